The Bertz CT molecular complexity index is 1140. The summed E-state index contributed by atoms with van der Waals surface area (Å²) in [5, 5.41) is 10.2. The maximum absolute atomic E-state index is 13.4. The number of nitrogens with zero attached hydrogens (tertiary/aromatic N) is 2. The van der Waals surface area contributed by atoms with Crippen LogP contribution in [0.15, 0.2) is 29.1 Å². The second kappa shape index (κ2) is 6.50. The van der Waals surface area contributed by atoms with E-state index in [9.17, 15) is 14.4 Å². The largest absolute Gasteiger partial charge is 0.305 e. The van der Waals surface area contributed by atoms with E-state index in [-0.39, 0.29) is 22.8 Å². The van der Waals surface area contributed by atoms with Crippen LogP contribution in [0.1, 0.15) is 35.2 Å². The molecule has 0 saturated carbocycles. The molecule has 26 heavy (non-hydrogen) atoms. The van der Waals surface area contributed by atoms with E-state index in [1.807, 2.05) is 0 Å². The van der Waals surface area contributed by atoms with Gasteiger partial charge in [0, 0.05) is 4.88 Å². The molecule has 0 unspecified atom stereocenters. The predicted octanol–water partition coefficient (Wildman–Crippen LogP) is 4.31. The zero-order valence-corrected chi connectivity index (χ0v) is 15.0. The Balaban J connectivity index is 1.84. The second-order valence-electron chi connectivity index (χ2n) is 6.67. The van der Waals surface area contributed by atoms with Gasteiger partial charge in [-0.2, -0.15) is 5.26 Å². The summed E-state index contributed by atoms with van der Waals surface area (Å²) in [6.45, 7) is 2.21. The molecule has 1 N–H and O–H groups in total. The first-order valence-corrected chi connectivity index (χ1v) is 9.29. The van der Waals surface area contributed by atoms with Crippen molar-refractivity contribution in [2.75, 3.05) is 0 Å². The lowest BCUT2D eigenvalue weighted by atomic mass is 9.89. The number of thiophene rings is 1. The third-order valence-corrected chi connectivity index (χ3v) is 5.85. The molecule has 2 heterocycles. The molecule has 1 aliphatic rings. The summed E-state index contributed by atoms with van der Waals surface area (Å²) in [5.74, 6) is 0.450. The smallest absolute Gasteiger partial charge is 0.260 e. The maximum atomic E-state index is 13.4. The number of H-pyrrole nitrogens is 1. The highest BCUT2D eigenvalue weighted by Gasteiger charge is 2.23. The summed E-state index contributed by atoms with van der Waals surface area (Å²) < 4.78 is 13.4. The Morgan fingerprint density at radius 2 is 2.35 bits per heavy atom. The molecular weight excluding hydrogens is 349 g/mol. The normalized spacial score (nSPS) is 17.1. The lowest BCUT2D eigenvalue weighted by molar-refractivity contribution is 0.509. The molecule has 1 atom stereocenters. The number of aryl methyl sites for hydroxylation is 1. The van der Waals surface area contributed by atoms with Crippen LogP contribution >= 0.6 is 11.3 Å². The van der Waals surface area contributed by atoms with Gasteiger partial charge < -0.3 is 4.98 Å². The third-order valence-electron chi connectivity index (χ3n) is 4.70. The van der Waals surface area contributed by atoms with Gasteiger partial charge in [0.1, 0.15) is 16.7 Å². The summed E-state index contributed by atoms with van der Waals surface area (Å²) in [6.07, 6.45) is 4.46. The Labute approximate surface area is 153 Å². The zero-order chi connectivity index (χ0) is 18.3. The minimum absolute atomic E-state index is 0.203. The first kappa shape index (κ1) is 16.7. The van der Waals surface area contributed by atoms with E-state index >= 15 is 0 Å². The maximum Gasteiger partial charge on any atom is 0.260 e. The van der Waals surface area contributed by atoms with Crippen molar-refractivity contribution in [3.8, 4) is 6.07 Å². The van der Waals surface area contributed by atoms with Gasteiger partial charge in [-0.05, 0) is 54.5 Å². The van der Waals surface area contributed by atoms with Crippen molar-refractivity contribution < 1.29 is 4.39 Å². The van der Waals surface area contributed by atoms with E-state index in [4.69, 9.17) is 0 Å². The highest BCUT2D eigenvalue weighted by atomic mass is 32.1. The molecule has 1 aliphatic carbocycles. The van der Waals surface area contributed by atoms with Gasteiger partial charge in [0.2, 0.25) is 0 Å². The van der Waals surface area contributed by atoms with Crippen molar-refractivity contribution in [3.05, 3.63) is 62.3 Å². The minimum atomic E-state index is -0.381. The number of aromatic nitrogens is 2. The average molecular weight is 365 g/mol. The summed E-state index contributed by atoms with van der Waals surface area (Å²) >= 11 is 1.54. The molecular formula is C20H16FN3OS. The number of allylic oxidation sites excluding steroid dienone is 1. The van der Waals surface area contributed by atoms with Crippen LogP contribution in [0.2, 0.25) is 0 Å². The van der Waals surface area contributed by atoms with E-state index in [0.717, 1.165) is 24.8 Å². The van der Waals surface area contributed by atoms with Crippen LogP contribution in [0.25, 0.3) is 21.9 Å². The summed E-state index contributed by atoms with van der Waals surface area (Å²) in [4.78, 5) is 21.8. The zero-order valence-electron chi connectivity index (χ0n) is 14.2. The lowest BCUT2D eigenvalue weighted by Gasteiger charge is -2.17. The fourth-order valence-corrected chi connectivity index (χ4v) is 4.78. The molecule has 2 aromatic heterocycles. The average Bonchev–Trinajstić information content (AvgIpc) is 2.97. The van der Waals surface area contributed by atoms with Crippen LogP contribution in [-0.2, 0) is 12.8 Å². The van der Waals surface area contributed by atoms with Crippen LogP contribution in [0, 0.1) is 23.1 Å². The molecule has 0 amide bonds. The quantitative estimate of drug-likeness (QED) is 0.688. The van der Waals surface area contributed by atoms with E-state index in [1.165, 1.54) is 23.1 Å². The number of nitriles is 1. The highest BCUT2D eigenvalue weighted by molar-refractivity contribution is 7.18. The number of hydrogen-bond donors (Lipinski definition) is 1. The molecule has 6 heteroatoms. The molecule has 0 aliphatic heterocycles. The number of nitrogens with one attached hydrogen (secondary N) is 1. The Hall–Kier alpha value is -2.78. The number of rotatable bonds is 2. The van der Waals surface area contributed by atoms with E-state index in [1.54, 1.807) is 23.5 Å². The molecule has 4 rings (SSSR count). The first-order valence-electron chi connectivity index (χ1n) is 8.47. The number of halogens is 1. The predicted molar refractivity (Wildman–Crippen MR) is 101 cm³/mol. The lowest BCUT2D eigenvalue weighted by Crippen LogP contribution is -2.14. The minimum Gasteiger partial charge on any atom is -0.305 e. The fourth-order valence-electron chi connectivity index (χ4n) is 3.39. The van der Waals surface area contributed by atoms with Gasteiger partial charge in [-0.3, -0.25) is 4.79 Å². The molecule has 0 fully saturated rings. The van der Waals surface area contributed by atoms with Crippen molar-refractivity contribution in [2.24, 2.45) is 5.92 Å². The van der Waals surface area contributed by atoms with Gasteiger partial charge in [-0.1, -0.05) is 19.1 Å². The van der Waals surface area contributed by atoms with Gasteiger partial charge in [0.15, 0.2) is 5.82 Å². The summed E-state index contributed by atoms with van der Waals surface area (Å²) in [7, 11) is 0. The number of fused-ring (bicyclic) bond motifs is 3. The van der Waals surface area contributed by atoms with Gasteiger partial charge >= 0.3 is 0 Å². The van der Waals surface area contributed by atoms with Crippen molar-refractivity contribution in [2.45, 2.75) is 26.2 Å². The van der Waals surface area contributed by atoms with Crippen LogP contribution in [0.5, 0.6) is 0 Å². The van der Waals surface area contributed by atoms with E-state index in [2.05, 4.69) is 23.0 Å². The Morgan fingerprint density at radius 1 is 1.50 bits per heavy atom. The molecule has 0 radical (unpaired) electrons. The molecule has 4 nitrogen and oxygen atoms in total. The summed E-state index contributed by atoms with van der Waals surface area (Å²) in [5.41, 5.74) is 1.64. The fraction of sp³-hybridized carbons (Fsp3) is 0.250. The van der Waals surface area contributed by atoms with Crippen molar-refractivity contribution in [3.63, 3.8) is 0 Å². The van der Waals surface area contributed by atoms with Crippen LogP contribution in [0.4, 0.5) is 4.39 Å². The molecule has 3 aromatic rings. The number of benzene rings is 1. The van der Waals surface area contributed by atoms with Gasteiger partial charge in [0.05, 0.1) is 11.0 Å². The van der Waals surface area contributed by atoms with Crippen LogP contribution < -0.4 is 5.56 Å². The van der Waals surface area contributed by atoms with E-state index < -0.39 is 0 Å². The third kappa shape index (κ3) is 2.95. The number of aromatic amines is 1. The highest BCUT2D eigenvalue weighted by Crippen LogP contribution is 2.35. The second-order valence-corrected chi connectivity index (χ2v) is 7.75. The SMILES string of the molecule is C[C@H]1CCc2c(sc3nc(/C(C#N)=C/c4cccc(F)c4)[nH]c(=O)c23)C1. The van der Waals surface area contributed by atoms with Crippen molar-refractivity contribution >= 4 is 33.2 Å². The standard InChI is InChI=1S/C20H16FN3OS/c1-11-5-6-15-16(7-11)26-20-17(15)19(25)23-18(24-20)13(10-22)8-12-3-2-4-14(21)9-12/h2-4,8-9,11H,5-7H2,1H3,(H,23,24,25)/b13-8+/t11-/m0/s1. The topological polar surface area (TPSA) is 69.5 Å². The van der Waals surface area contributed by atoms with Gasteiger partial charge in [-0.15, -0.1) is 11.3 Å². The van der Waals surface area contributed by atoms with Crippen molar-refractivity contribution in [1.82, 2.24) is 9.97 Å². The molecule has 130 valence electrons. The van der Waals surface area contributed by atoms with E-state index in [0.29, 0.717) is 21.7 Å². The molecule has 0 bridgehead atoms. The summed E-state index contributed by atoms with van der Waals surface area (Å²) in [6, 6.07) is 8.00. The van der Waals surface area contributed by atoms with Crippen LogP contribution in [-0.4, -0.2) is 9.97 Å². The first-order chi connectivity index (χ1) is 12.5. The van der Waals surface area contributed by atoms with Gasteiger partial charge in [0.25, 0.3) is 5.56 Å². The molecule has 1 aromatic carbocycles. The monoisotopic (exact) mass is 365 g/mol. The van der Waals surface area contributed by atoms with Crippen LogP contribution in [0.3, 0.4) is 0 Å². The van der Waals surface area contributed by atoms with Gasteiger partial charge in [-0.25, -0.2) is 9.37 Å². The Kier molecular flexibility index (Phi) is 4.17. The Morgan fingerprint density at radius 3 is 3.12 bits per heavy atom. The molecule has 0 spiro atoms. The molecule has 0 saturated heterocycles. The van der Waals surface area contributed by atoms with Crippen molar-refractivity contribution in [1.29, 1.82) is 5.26 Å². The number of hydrogen-bond acceptors (Lipinski definition) is 4.